The Morgan fingerprint density at radius 3 is 2.16 bits per heavy atom. The van der Waals surface area contributed by atoms with E-state index in [-0.39, 0.29) is 16.9 Å². The molecule has 0 bridgehead atoms. The maximum absolute atomic E-state index is 12.7. The number of aromatic amines is 1. The van der Waals surface area contributed by atoms with Crippen molar-refractivity contribution in [3.63, 3.8) is 0 Å². The molecule has 206 valence electrons. The van der Waals surface area contributed by atoms with Crippen LogP contribution in [0.1, 0.15) is 103 Å². The van der Waals surface area contributed by atoms with Gasteiger partial charge in [0.25, 0.3) is 0 Å². The van der Waals surface area contributed by atoms with E-state index in [1.807, 2.05) is 32.9 Å². The molecule has 0 amide bonds. The summed E-state index contributed by atoms with van der Waals surface area (Å²) >= 11 is 6.56. The van der Waals surface area contributed by atoms with Gasteiger partial charge in [0.2, 0.25) is 0 Å². The summed E-state index contributed by atoms with van der Waals surface area (Å²) < 4.78 is 32.6. The first-order chi connectivity index (χ1) is 17.6. The second-order valence-electron chi connectivity index (χ2n) is 11.0. The van der Waals surface area contributed by atoms with Gasteiger partial charge >= 0.3 is 0 Å². The molecule has 0 unspecified atom stereocenters. The number of hydrogen-bond acceptors (Lipinski definition) is 5. The van der Waals surface area contributed by atoms with Gasteiger partial charge in [-0.05, 0) is 24.1 Å². The maximum Gasteiger partial charge on any atom is 0.175 e. The number of rotatable bonds is 15. The number of ether oxygens (including phenoxy) is 1. The van der Waals surface area contributed by atoms with Gasteiger partial charge in [-0.15, -0.1) is 9.73 Å². The average molecular weight is 551 g/mol. The summed E-state index contributed by atoms with van der Waals surface area (Å²) in [6.45, 7) is 8.38. The second kappa shape index (κ2) is 13.1. The van der Waals surface area contributed by atoms with E-state index in [1.165, 1.54) is 49.6 Å². The Morgan fingerprint density at radius 2 is 1.59 bits per heavy atom. The summed E-state index contributed by atoms with van der Waals surface area (Å²) in [5.41, 5.74) is 2.61. The van der Waals surface area contributed by atoms with Gasteiger partial charge in [0.15, 0.2) is 21.3 Å². The monoisotopic (exact) mass is 550 g/mol. The lowest BCUT2D eigenvalue weighted by Gasteiger charge is -2.14. The van der Waals surface area contributed by atoms with Crippen LogP contribution in [-0.4, -0.2) is 41.1 Å². The lowest BCUT2D eigenvalue weighted by atomic mass is 9.92. The van der Waals surface area contributed by atoms with Crippen LogP contribution in [0.4, 0.5) is 0 Å². The standard InChI is InChI=1S/C28H43ClN4O3S/c1-6-7-8-9-10-11-12-13-14-15-18-37(34,35)20-21-16-17-22(23(19-21)36-5)26-30-27-24(29)25(28(2,3)4)31-33(27)32-26/h16-17,19H,6-15,18,20H2,1-5H3,(H,30,32). The molecule has 0 saturated carbocycles. The van der Waals surface area contributed by atoms with Crippen molar-refractivity contribution in [2.24, 2.45) is 0 Å². The zero-order valence-corrected chi connectivity index (χ0v) is 24.6. The van der Waals surface area contributed by atoms with Crippen molar-refractivity contribution in [1.29, 1.82) is 0 Å². The molecule has 0 saturated heterocycles. The maximum atomic E-state index is 12.7. The molecule has 3 aromatic rings. The molecule has 0 aliphatic heterocycles. The Labute approximate surface area is 227 Å². The summed E-state index contributed by atoms with van der Waals surface area (Å²) in [4.78, 5) is 3.24. The minimum atomic E-state index is -3.19. The molecule has 9 heteroatoms. The topological polar surface area (TPSA) is 89.4 Å². The summed E-state index contributed by atoms with van der Waals surface area (Å²) in [6, 6.07) is 5.43. The number of methoxy groups -OCH3 is 1. The van der Waals surface area contributed by atoms with Gasteiger partial charge in [-0.25, -0.2) is 8.42 Å². The van der Waals surface area contributed by atoms with Crippen LogP contribution in [0.3, 0.4) is 0 Å². The number of nitrogens with one attached hydrogen (secondary N) is 1. The van der Waals surface area contributed by atoms with Crippen molar-refractivity contribution >= 4 is 27.1 Å². The summed E-state index contributed by atoms with van der Waals surface area (Å²) in [5.74, 6) is 1.33. The van der Waals surface area contributed by atoms with Crippen LogP contribution < -0.4 is 4.74 Å². The molecule has 0 spiro atoms. The highest BCUT2D eigenvalue weighted by Gasteiger charge is 2.26. The fourth-order valence-electron chi connectivity index (χ4n) is 4.55. The summed E-state index contributed by atoms with van der Waals surface area (Å²) in [7, 11) is -1.62. The SMILES string of the molecule is CCCCCCCCCCCCS(=O)(=O)Cc1ccc(-c2nn3nc(C(C)(C)C)c(Cl)c3[nH]2)c(OC)c1. The molecule has 7 nitrogen and oxygen atoms in total. The van der Waals surface area contributed by atoms with Crippen molar-refractivity contribution in [2.75, 3.05) is 12.9 Å². The summed E-state index contributed by atoms with van der Waals surface area (Å²) in [6.07, 6.45) is 11.8. The minimum absolute atomic E-state index is 0.00329. The van der Waals surface area contributed by atoms with Crippen molar-refractivity contribution in [3.05, 3.63) is 34.5 Å². The van der Waals surface area contributed by atoms with E-state index in [4.69, 9.17) is 16.3 Å². The molecule has 1 N–H and O–H groups in total. The predicted octanol–water partition coefficient (Wildman–Crippen LogP) is 7.52. The number of halogens is 1. The zero-order chi connectivity index (χ0) is 27.1. The molecule has 37 heavy (non-hydrogen) atoms. The van der Waals surface area contributed by atoms with Gasteiger partial charge in [-0.3, -0.25) is 0 Å². The molecule has 3 rings (SSSR count). The van der Waals surface area contributed by atoms with E-state index in [2.05, 4.69) is 22.1 Å². The third-order valence-corrected chi connectivity index (χ3v) is 8.71. The Bertz CT molecular complexity index is 1260. The molecule has 2 aromatic heterocycles. The third kappa shape index (κ3) is 8.21. The lowest BCUT2D eigenvalue weighted by molar-refractivity contribution is 0.415. The normalized spacial score (nSPS) is 12.5. The van der Waals surface area contributed by atoms with Gasteiger partial charge in [0, 0.05) is 5.41 Å². The van der Waals surface area contributed by atoms with Crippen molar-refractivity contribution in [3.8, 4) is 17.1 Å². The van der Waals surface area contributed by atoms with E-state index in [1.54, 1.807) is 13.2 Å². The molecular formula is C28H43ClN4O3S. The first-order valence-corrected chi connectivity index (χ1v) is 15.8. The Hall–Kier alpha value is -2.06. The lowest BCUT2D eigenvalue weighted by Crippen LogP contribution is -2.13. The number of unbranched alkanes of at least 4 members (excludes halogenated alkanes) is 9. The van der Waals surface area contributed by atoms with Crippen molar-refractivity contribution in [1.82, 2.24) is 19.8 Å². The number of aromatic nitrogens is 4. The number of benzene rings is 1. The van der Waals surface area contributed by atoms with Crippen LogP contribution in [0, 0.1) is 0 Å². The van der Waals surface area contributed by atoms with E-state index in [0.717, 1.165) is 30.5 Å². The molecular weight excluding hydrogens is 508 g/mol. The number of fused-ring (bicyclic) bond motifs is 1. The van der Waals surface area contributed by atoms with Crippen LogP contribution >= 0.6 is 11.6 Å². The van der Waals surface area contributed by atoms with Crippen molar-refractivity contribution in [2.45, 2.75) is 103 Å². The smallest absolute Gasteiger partial charge is 0.175 e. The Morgan fingerprint density at radius 1 is 0.973 bits per heavy atom. The highest BCUT2D eigenvalue weighted by molar-refractivity contribution is 7.90. The Kier molecular flexibility index (Phi) is 10.5. The van der Waals surface area contributed by atoms with Gasteiger partial charge in [0.1, 0.15) is 10.8 Å². The largest absolute Gasteiger partial charge is 0.496 e. The van der Waals surface area contributed by atoms with Crippen LogP contribution in [0.25, 0.3) is 17.0 Å². The van der Waals surface area contributed by atoms with Gasteiger partial charge < -0.3 is 9.72 Å². The first-order valence-electron chi connectivity index (χ1n) is 13.6. The van der Waals surface area contributed by atoms with Crippen LogP contribution in [0.5, 0.6) is 5.75 Å². The molecule has 2 heterocycles. The van der Waals surface area contributed by atoms with Gasteiger partial charge in [0.05, 0.1) is 29.9 Å². The van der Waals surface area contributed by atoms with Crippen LogP contribution in [0.15, 0.2) is 18.2 Å². The molecule has 0 aliphatic rings. The fourth-order valence-corrected chi connectivity index (χ4v) is 6.47. The number of sulfone groups is 1. The van der Waals surface area contributed by atoms with E-state index in [0.29, 0.717) is 27.8 Å². The highest BCUT2D eigenvalue weighted by atomic mass is 35.5. The first kappa shape index (κ1) is 29.5. The summed E-state index contributed by atoms with van der Waals surface area (Å²) in [5, 5.41) is 9.63. The Balaban J connectivity index is 1.56. The fraction of sp³-hybridized carbons (Fsp3) is 0.643. The van der Waals surface area contributed by atoms with Gasteiger partial charge in [-0.2, -0.15) is 5.10 Å². The predicted molar refractivity (Wildman–Crippen MR) is 152 cm³/mol. The molecule has 0 aliphatic carbocycles. The highest BCUT2D eigenvalue weighted by Crippen LogP contribution is 2.34. The second-order valence-corrected chi connectivity index (χ2v) is 13.6. The van der Waals surface area contributed by atoms with E-state index < -0.39 is 9.84 Å². The molecule has 1 aromatic carbocycles. The van der Waals surface area contributed by atoms with Crippen molar-refractivity contribution < 1.29 is 13.2 Å². The van der Waals surface area contributed by atoms with Crippen LogP contribution in [-0.2, 0) is 21.0 Å². The number of H-pyrrole nitrogens is 1. The minimum Gasteiger partial charge on any atom is -0.496 e. The van der Waals surface area contributed by atoms with E-state index in [9.17, 15) is 8.42 Å². The number of hydrogen-bond donors (Lipinski definition) is 1. The quantitative estimate of drug-likeness (QED) is 0.198. The number of nitrogens with zero attached hydrogens (tertiary/aromatic N) is 3. The molecule has 0 radical (unpaired) electrons. The molecule has 0 fully saturated rings. The van der Waals surface area contributed by atoms with Crippen LogP contribution in [0.2, 0.25) is 5.02 Å². The average Bonchev–Trinajstić information content (AvgIpc) is 3.39. The van der Waals surface area contributed by atoms with Gasteiger partial charge in [-0.1, -0.05) is 103 Å². The van der Waals surface area contributed by atoms with E-state index >= 15 is 0 Å². The third-order valence-electron chi connectivity index (χ3n) is 6.67. The molecule has 0 atom stereocenters. The zero-order valence-electron chi connectivity index (χ0n) is 23.1.